The summed E-state index contributed by atoms with van der Waals surface area (Å²) in [4.78, 5) is 3.68. The first-order valence-electron chi connectivity index (χ1n) is 4.71. The SMILES string of the molecule is Cn1cc(NS(=O)(=O)c2cc(Br)cnc2Cl)cn1. The van der Waals surface area contributed by atoms with Crippen LogP contribution in [0.2, 0.25) is 5.15 Å². The van der Waals surface area contributed by atoms with Crippen LogP contribution in [0, 0.1) is 0 Å². The summed E-state index contributed by atoms with van der Waals surface area (Å²) >= 11 is 8.93. The predicted molar refractivity (Wildman–Crippen MR) is 71.0 cm³/mol. The Hall–Kier alpha value is -1.12. The molecule has 0 aliphatic rings. The van der Waals surface area contributed by atoms with Crippen molar-refractivity contribution in [2.75, 3.05) is 4.72 Å². The second-order valence-electron chi connectivity index (χ2n) is 3.45. The van der Waals surface area contributed by atoms with Crippen LogP contribution in [0.3, 0.4) is 0 Å². The zero-order chi connectivity index (χ0) is 13.3. The van der Waals surface area contributed by atoms with E-state index in [2.05, 4.69) is 30.7 Å². The van der Waals surface area contributed by atoms with Crippen LogP contribution in [0.1, 0.15) is 0 Å². The number of hydrogen-bond donors (Lipinski definition) is 1. The van der Waals surface area contributed by atoms with Gasteiger partial charge in [0, 0.05) is 23.9 Å². The van der Waals surface area contributed by atoms with Crippen LogP contribution in [-0.4, -0.2) is 23.2 Å². The van der Waals surface area contributed by atoms with E-state index in [4.69, 9.17) is 11.6 Å². The summed E-state index contributed by atoms with van der Waals surface area (Å²) in [6.45, 7) is 0. The molecular weight excluding hydrogens is 344 g/mol. The normalized spacial score (nSPS) is 11.5. The van der Waals surface area contributed by atoms with Gasteiger partial charge in [-0.25, -0.2) is 13.4 Å². The van der Waals surface area contributed by atoms with Crippen molar-refractivity contribution in [3.05, 3.63) is 34.3 Å². The monoisotopic (exact) mass is 350 g/mol. The fraction of sp³-hybridized carbons (Fsp3) is 0.111. The molecule has 18 heavy (non-hydrogen) atoms. The number of pyridine rings is 1. The van der Waals surface area contributed by atoms with Gasteiger partial charge in [-0.1, -0.05) is 11.6 Å². The maximum atomic E-state index is 12.1. The van der Waals surface area contributed by atoms with Gasteiger partial charge in [0.05, 0.1) is 11.9 Å². The van der Waals surface area contributed by atoms with Gasteiger partial charge < -0.3 is 0 Å². The van der Waals surface area contributed by atoms with Crippen LogP contribution in [0.5, 0.6) is 0 Å². The Morgan fingerprint density at radius 2 is 2.17 bits per heavy atom. The highest BCUT2D eigenvalue weighted by atomic mass is 79.9. The minimum Gasteiger partial charge on any atom is -0.276 e. The van der Waals surface area contributed by atoms with Crippen LogP contribution >= 0.6 is 27.5 Å². The van der Waals surface area contributed by atoms with E-state index in [1.165, 1.54) is 29.3 Å². The topological polar surface area (TPSA) is 76.9 Å². The Bertz CT molecular complexity index is 686. The Labute approximate surface area is 117 Å². The molecule has 0 fully saturated rings. The molecule has 0 bridgehead atoms. The molecule has 9 heteroatoms. The molecule has 2 heterocycles. The number of rotatable bonds is 3. The van der Waals surface area contributed by atoms with E-state index in [0.717, 1.165) is 0 Å². The lowest BCUT2D eigenvalue weighted by Crippen LogP contribution is -2.13. The van der Waals surface area contributed by atoms with Crippen LogP contribution in [0.15, 0.2) is 34.0 Å². The number of halogens is 2. The van der Waals surface area contributed by atoms with Gasteiger partial charge >= 0.3 is 0 Å². The summed E-state index contributed by atoms with van der Waals surface area (Å²) in [7, 11) is -2.09. The molecule has 0 unspecified atom stereocenters. The lowest BCUT2D eigenvalue weighted by molar-refractivity contribution is 0.601. The molecule has 1 N–H and O–H groups in total. The number of sulfonamides is 1. The molecule has 0 aromatic carbocycles. The van der Waals surface area contributed by atoms with E-state index in [0.29, 0.717) is 10.2 Å². The van der Waals surface area contributed by atoms with Gasteiger partial charge in [-0.2, -0.15) is 5.10 Å². The molecule has 0 spiro atoms. The van der Waals surface area contributed by atoms with Crippen molar-refractivity contribution in [1.82, 2.24) is 14.8 Å². The zero-order valence-electron chi connectivity index (χ0n) is 9.13. The summed E-state index contributed by atoms with van der Waals surface area (Å²) < 4.78 is 28.6. The molecule has 0 amide bonds. The van der Waals surface area contributed by atoms with E-state index in [1.807, 2.05) is 0 Å². The van der Waals surface area contributed by atoms with Gasteiger partial charge in [-0.05, 0) is 22.0 Å². The van der Waals surface area contributed by atoms with Gasteiger partial charge in [0.1, 0.15) is 10.0 Å². The van der Waals surface area contributed by atoms with Crippen molar-refractivity contribution in [2.24, 2.45) is 7.05 Å². The molecule has 0 atom stereocenters. The first kappa shape index (κ1) is 13.3. The van der Waals surface area contributed by atoms with E-state index in [-0.39, 0.29) is 10.0 Å². The van der Waals surface area contributed by atoms with Gasteiger partial charge in [-0.15, -0.1) is 0 Å². The van der Waals surface area contributed by atoms with Gasteiger partial charge in [0.2, 0.25) is 0 Å². The van der Waals surface area contributed by atoms with Crippen molar-refractivity contribution in [3.63, 3.8) is 0 Å². The first-order valence-corrected chi connectivity index (χ1v) is 7.36. The molecule has 96 valence electrons. The maximum Gasteiger partial charge on any atom is 0.265 e. The second-order valence-corrected chi connectivity index (χ2v) is 6.38. The quantitative estimate of drug-likeness (QED) is 0.858. The zero-order valence-corrected chi connectivity index (χ0v) is 12.3. The summed E-state index contributed by atoms with van der Waals surface area (Å²) in [5.41, 5.74) is 0.355. The van der Waals surface area contributed by atoms with Crippen LogP contribution < -0.4 is 4.72 Å². The molecule has 0 aliphatic heterocycles. The number of aromatic nitrogens is 3. The summed E-state index contributed by atoms with van der Waals surface area (Å²) in [5.74, 6) is 0. The summed E-state index contributed by atoms with van der Waals surface area (Å²) in [5, 5.41) is 3.78. The Morgan fingerprint density at radius 1 is 1.44 bits per heavy atom. The molecule has 0 radical (unpaired) electrons. The molecule has 0 aliphatic carbocycles. The third-order valence-corrected chi connectivity index (χ3v) is 4.26. The van der Waals surface area contributed by atoms with Crippen LogP contribution in [0.4, 0.5) is 5.69 Å². The average Bonchev–Trinajstić information content (AvgIpc) is 2.66. The predicted octanol–water partition coefficient (Wildman–Crippen LogP) is 2.03. The standard InChI is InChI=1S/C9H8BrClN4O2S/c1-15-5-7(4-13-15)14-18(16,17)8-2-6(10)3-12-9(8)11/h2-5,14H,1H3. The number of aryl methyl sites for hydroxylation is 1. The fourth-order valence-electron chi connectivity index (χ4n) is 1.28. The molecule has 0 saturated carbocycles. The minimum atomic E-state index is -3.78. The van der Waals surface area contributed by atoms with Crippen molar-refractivity contribution < 1.29 is 8.42 Å². The number of nitrogens with zero attached hydrogens (tertiary/aromatic N) is 3. The largest absolute Gasteiger partial charge is 0.276 e. The van der Waals surface area contributed by atoms with E-state index < -0.39 is 10.0 Å². The lowest BCUT2D eigenvalue weighted by atomic mass is 10.5. The number of anilines is 1. The van der Waals surface area contributed by atoms with Crippen LogP contribution in [-0.2, 0) is 17.1 Å². The third kappa shape index (κ3) is 2.82. The second kappa shape index (κ2) is 4.87. The fourth-order valence-corrected chi connectivity index (χ4v) is 3.25. The average molecular weight is 352 g/mol. The summed E-state index contributed by atoms with van der Waals surface area (Å²) in [6.07, 6.45) is 4.36. The molecule has 2 aromatic heterocycles. The highest BCUT2D eigenvalue weighted by Gasteiger charge is 2.20. The van der Waals surface area contributed by atoms with Gasteiger partial charge in [0.25, 0.3) is 10.0 Å². The van der Waals surface area contributed by atoms with Gasteiger partial charge in [-0.3, -0.25) is 9.40 Å². The molecule has 0 saturated heterocycles. The van der Waals surface area contributed by atoms with Crippen molar-refractivity contribution >= 4 is 43.2 Å². The molecular formula is C9H8BrClN4O2S. The van der Waals surface area contributed by atoms with Crippen LogP contribution in [0.25, 0.3) is 0 Å². The molecule has 6 nitrogen and oxygen atoms in total. The third-order valence-electron chi connectivity index (χ3n) is 2.02. The smallest absolute Gasteiger partial charge is 0.265 e. The molecule has 2 rings (SSSR count). The van der Waals surface area contributed by atoms with Crippen molar-refractivity contribution in [1.29, 1.82) is 0 Å². The Balaban J connectivity index is 2.39. The lowest BCUT2D eigenvalue weighted by Gasteiger charge is -2.07. The van der Waals surface area contributed by atoms with Crippen molar-refractivity contribution in [2.45, 2.75) is 4.90 Å². The Morgan fingerprint density at radius 3 is 2.78 bits per heavy atom. The maximum absolute atomic E-state index is 12.1. The molecule has 2 aromatic rings. The van der Waals surface area contributed by atoms with Crippen molar-refractivity contribution in [3.8, 4) is 0 Å². The van der Waals surface area contributed by atoms with E-state index in [9.17, 15) is 8.42 Å². The highest BCUT2D eigenvalue weighted by molar-refractivity contribution is 9.10. The number of hydrogen-bond acceptors (Lipinski definition) is 4. The number of nitrogens with one attached hydrogen (secondary N) is 1. The van der Waals surface area contributed by atoms with Gasteiger partial charge in [0.15, 0.2) is 0 Å². The van der Waals surface area contributed by atoms with E-state index >= 15 is 0 Å². The highest BCUT2D eigenvalue weighted by Crippen LogP contribution is 2.24. The first-order chi connectivity index (χ1) is 8.38. The Kier molecular flexibility index (Phi) is 3.60. The summed E-state index contributed by atoms with van der Waals surface area (Å²) in [6, 6.07) is 1.38. The van der Waals surface area contributed by atoms with E-state index in [1.54, 1.807) is 7.05 Å². The minimum absolute atomic E-state index is 0.0883.